The summed E-state index contributed by atoms with van der Waals surface area (Å²) in [6.45, 7) is 5.04. The van der Waals surface area contributed by atoms with Gasteiger partial charge in [0.15, 0.2) is 0 Å². The Balaban J connectivity index is 1.70. The maximum atomic E-state index is 12.6. The Morgan fingerprint density at radius 2 is 2.22 bits per heavy atom. The molecule has 0 unspecified atom stereocenters. The fraction of sp³-hybridized carbons (Fsp3) is 0.471. The minimum atomic E-state index is -0.162. The quantitative estimate of drug-likeness (QED) is 0.913. The van der Waals surface area contributed by atoms with Crippen LogP contribution >= 0.6 is 0 Å². The SMILES string of the molecule is CC(C)C(=O)N1CCC[C@H](C(=O)Nc2cccc3cn[nH]c23)C1. The number of piperidine rings is 1. The molecule has 23 heavy (non-hydrogen) atoms. The van der Waals surface area contributed by atoms with Gasteiger partial charge in [0.1, 0.15) is 0 Å². The topological polar surface area (TPSA) is 78.1 Å². The number of para-hydroxylation sites is 1. The monoisotopic (exact) mass is 314 g/mol. The maximum Gasteiger partial charge on any atom is 0.229 e. The first-order valence-corrected chi connectivity index (χ1v) is 8.08. The smallest absolute Gasteiger partial charge is 0.229 e. The number of H-pyrrole nitrogens is 1. The molecule has 0 aliphatic carbocycles. The second kappa shape index (κ2) is 6.40. The van der Waals surface area contributed by atoms with Crippen molar-refractivity contribution >= 4 is 28.4 Å². The fourth-order valence-electron chi connectivity index (χ4n) is 3.06. The molecule has 6 heteroatoms. The molecule has 2 N–H and O–H groups in total. The molecule has 1 aromatic carbocycles. The van der Waals surface area contributed by atoms with Crippen LogP contribution in [0, 0.1) is 11.8 Å². The van der Waals surface area contributed by atoms with Gasteiger partial charge < -0.3 is 10.2 Å². The molecule has 0 spiro atoms. The molecule has 0 bridgehead atoms. The van der Waals surface area contributed by atoms with E-state index in [4.69, 9.17) is 0 Å². The van der Waals surface area contributed by atoms with Gasteiger partial charge in [0.2, 0.25) is 11.8 Å². The number of aromatic amines is 1. The van der Waals surface area contributed by atoms with Crippen LogP contribution in [0.4, 0.5) is 5.69 Å². The number of hydrogen-bond acceptors (Lipinski definition) is 3. The molecule has 6 nitrogen and oxygen atoms in total. The lowest BCUT2D eigenvalue weighted by molar-refractivity contribution is -0.137. The molecule has 1 aromatic heterocycles. The highest BCUT2D eigenvalue weighted by atomic mass is 16.2. The van der Waals surface area contributed by atoms with Crippen molar-refractivity contribution in [3.05, 3.63) is 24.4 Å². The van der Waals surface area contributed by atoms with Gasteiger partial charge in [-0.3, -0.25) is 14.7 Å². The molecule has 0 radical (unpaired) electrons. The lowest BCUT2D eigenvalue weighted by Crippen LogP contribution is -2.45. The first-order valence-electron chi connectivity index (χ1n) is 8.08. The third kappa shape index (κ3) is 3.21. The van der Waals surface area contributed by atoms with Gasteiger partial charge in [-0.1, -0.05) is 26.0 Å². The molecule has 1 aliphatic heterocycles. The molecule has 1 fully saturated rings. The molecule has 0 saturated carbocycles. The van der Waals surface area contributed by atoms with E-state index in [1.54, 1.807) is 6.20 Å². The minimum Gasteiger partial charge on any atom is -0.342 e. The van der Waals surface area contributed by atoms with Crippen molar-refractivity contribution in [1.29, 1.82) is 0 Å². The van der Waals surface area contributed by atoms with Crippen LogP contribution in [0.2, 0.25) is 0 Å². The highest BCUT2D eigenvalue weighted by Gasteiger charge is 2.29. The molecule has 122 valence electrons. The predicted octanol–water partition coefficient (Wildman–Crippen LogP) is 2.40. The summed E-state index contributed by atoms with van der Waals surface area (Å²) >= 11 is 0. The summed E-state index contributed by atoms with van der Waals surface area (Å²) in [6, 6.07) is 5.69. The summed E-state index contributed by atoms with van der Waals surface area (Å²) in [5, 5.41) is 10.9. The van der Waals surface area contributed by atoms with E-state index in [0.717, 1.165) is 36.0 Å². The van der Waals surface area contributed by atoms with E-state index < -0.39 is 0 Å². The van der Waals surface area contributed by atoms with Gasteiger partial charge >= 0.3 is 0 Å². The van der Waals surface area contributed by atoms with E-state index in [2.05, 4.69) is 15.5 Å². The van der Waals surface area contributed by atoms with Gasteiger partial charge in [-0.25, -0.2) is 0 Å². The molecule has 1 saturated heterocycles. The summed E-state index contributed by atoms with van der Waals surface area (Å²) in [7, 11) is 0. The van der Waals surface area contributed by atoms with Crippen LogP contribution in [-0.2, 0) is 9.59 Å². The van der Waals surface area contributed by atoms with E-state index in [0.29, 0.717) is 6.54 Å². The Labute approximate surface area is 135 Å². The number of hydrogen-bond donors (Lipinski definition) is 2. The number of nitrogens with zero attached hydrogens (tertiary/aromatic N) is 2. The summed E-state index contributed by atoms with van der Waals surface area (Å²) in [6.07, 6.45) is 3.41. The largest absolute Gasteiger partial charge is 0.342 e. The number of anilines is 1. The van der Waals surface area contributed by atoms with E-state index in [1.165, 1.54) is 0 Å². The van der Waals surface area contributed by atoms with Crippen molar-refractivity contribution < 1.29 is 9.59 Å². The molecule has 2 aromatic rings. The summed E-state index contributed by atoms with van der Waals surface area (Å²) in [5.41, 5.74) is 1.56. The van der Waals surface area contributed by atoms with Crippen molar-refractivity contribution in [3.8, 4) is 0 Å². The number of amides is 2. The number of likely N-dealkylation sites (tertiary alicyclic amines) is 1. The maximum absolute atomic E-state index is 12.6. The van der Waals surface area contributed by atoms with Crippen LogP contribution in [0.15, 0.2) is 24.4 Å². The third-order valence-electron chi connectivity index (χ3n) is 4.33. The Hall–Kier alpha value is -2.37. The average molecular weight is 314 g/mol. The molecule has 3 rings (SSSR count). The van der Waals surface area contributed by atoms with Crippen molar-refractivity contribution in [2.75, 3.05) is 18.4 Å². The summed E-state index contributed by atoms with van der Waals surface area (Å²) in [5.74, 6) is -0.105. The lowest BCUT2D eigenvalue weighted by atomic mass is 9.96. The highest BCUT2D eigenvalue weighted by molar-refractivity contribution is 6.01. The van der Waals surface area contributed by atoms with Gasteiger partial charge in [-0.15, -0.1) is 0 Å². The first-order chi connectivity index (χ1) is 11.1. The zero-order valence-electron chi connectivity index (χ0n) is 13.5. The molecule has 2 heterocycles. The number of carbonyl (C=O) groups excluding carboxylic acids is 2. The normalized spacial score (nSPS) is 18.4. The van der Waals surface area contributed by atoms with Gasteiger partial charge in [0.05, 0.1) is 23.3 Å². The summed E-state index contributed by atoms with van der Waals surface area (Å²) in [4.78, 5) is 26.5. The number of fused-ring (bicyclic) bond motifs is 1. The van der Waals surface area contributed by atoms with E-state index in [1.807, 2.05) is 36.9 Å². The Morgan fingerprint density at radius 1 is 1.39 bits per heavy atom. The first kappa shape index (κ1) is 15.5. The van der Waals surface area contributed by atoms with Crippen LogP contribution in [0.3, 0.4) is 0 Å². The summed E-state index contributed by atoms with van der Waals surface area (Å²) < 4.78 is 0. The average Bonchev–Trinajstić information content (AvgIpc) is 3.04. The molecular formula is C17H22N4O2. The number of benzene rings is 1. The lowest BCUT2D eigenvalue weighted by Gasteiger charge is -2.33. The van der Waals surface area contributed by atoms with Crippen LogP contribution in [0.25, 0.3) is 10.9 Å². The van der Waals surface area contributed by atoms with Crippen molar-refractivity contribution in [2.24, 2.45) is 11.8 Å². The van der Waals surface area contributed by atoms with Crippen molar-refractivity contribution in [1.82, 2.24) is 15.1 Å². The molecular weight excluding hydrogens is 292 g/mol. The fourth-order valence-corrected chi connectivity index (χ4v) is 3.06. The van der Waals surface area contributed by atoms with Gasteiger partial charge in [0, 0.05) is 24.4 Å². The van der Waals surface area contributed by atoms with E-state index >= 15 is 0 Å². The molecule has 2 amide bonds. The Morgan fingerprint density at radius 3 is 3.00 bits per heavy atom. The van der Waals surface area contributed by atoms with Crippen LogP contribution in [0.1, 0.15) is 26.7 Å². The Kier molecular flexibility index (Phi) is 4.32. The third-order valence-corrected chi connectivity index (χ3v) is 4.33. The van der Waals surface area contributed by atoms with Gasteiger partial charge in [-0.2, -0.15) is 5.10 Å². The molecule has 1 aliphatic rings. The van der Waals surface area contributed by atoms with Crippen LogP contribution < -0.4 is 5.32 Å². The van der Waals surface area contributed by atoms with E-state index in [9.17, 15) is 9.59 Å². The number of rotatable bonds is 3. The van der Waals surface area contributed by atoms with Crippen LogP contribution in [0.5, 0.6) is 0 Å². The number of carbonyl (C=O) groups is 2. The van der Waals surface area contributed by atoms with E-state index in [-0.39, 0.29) is 23.7 Å². The number of nitrogens with one attached hydrogen (secondary N) is 2. The minimum absolute atomic E-state index is 0.0319. The second-order valence-electron chi connectivity index (χ2n) is 6.41. The zero-order chi connectivity index (χ0) is 16.4. The highest BCUT2D eigenvalue weighted by Crippen LogP contribution is 2.24. The van der Waals surface area contributed by atoms with Gasteiger partial charge in [0.25, 0.3) is 0 Å². The zero-order valence-corrected chi connectivity index (χ0v) is 13.5. The standard InChI is InChI=1S/C17H22N4O2/c1-11(2)17(23)21-8-4-6-13(10-21)16(22)19-14-7-3-5-12-9-18-20-15(12)14/h3,5,7,9,11,13H,4,6,8,10H2,1-2H3,(H,18,20)(H,19,22)/t13-/m0/s1. The predicted molar refractivity (Wildman–Crippen MR) is 88.9 cm³/mol. The second-order valence-corrected chi connectivity index (χ2v) is 6.41. The van der Waals surface area contributed by atoms with Crippen LogP contribution in [-0.4, -0.2) is 40.0 Å². The van der Waals surface area contributed by atoms with Gasteiger partial charge in [-0.05, 0) is 18.9 Å². The number of aromatic nitrogens is 2. The molecule has 1 atom stereocenters. The van der Waals surface area contributed by atoms with Crippen molar-refractivity contribution in [3.63, 3.8) is 0 Å². The van der Waals surface area contributed by atoms with Crippen molar-refractivity contribution in [2.45, 2.75) is 26.7 Å². The Bertz CT molecular complexity index is 722.